The summed E-state index contributed by atoms with van der Waals surface area (Å²) < 4.78 is 16.6. The predicted octanol–water partition coefficient (Wildman–Crippen LogP) is 1.70. The summed E-state index contributed by atoms with van der Waals surface area (Å²) in [7, 11) is 3.11. The predicted molar refractivity (Wildman–Crippen MR) is 109 cm³/mol. The molecule has 158 valence electrons. The maximum Gasteiger partial charge on any atom is 0.231 e. The van der Waals surface area contributed by atoms with E-state index in [0.717, 1.165) is 0 Å². The van der Waals surface area contributed by atoms with Crippen molar-refractivity contribution in [2.24, 2.45) is 10.9 Å². The molecule has 1 aliphatic rings. The summed E-state index contributed by atoms with van der Waals surface area (Å²) >= 11 is 0. The molecule has 0 unspecified atom stereocenters. The highest BCUT2D eigenvalue weighted by molar-refractivity contribution is 6.52. The van der Waals surface area contributed by atoms with Gasteiger partial charge in [-0.3, -0.25) is 9.59 Å². The van der Waals surface area contributed by atoms with E-state index in [1.165, 1.54) is 26.2 Å². The molecule has 0 fully saturated rings. The Morgan fingerprint density at radius 2 is 2.03 bits per heavy atom. The molecule has 0 saturated carbocycles. The summed E-state index contributed by atoms with van der Waals surface area (Å²) in [5.74, 6) is 5.81. The van der Waals surface area contributed by atoms with Crippen LogP contribution in [0, 0.1) is 0 Å². The summed E-state index contributed by atoms with van der Waals surface area (Å²) in [5.41, 5.74) is 0.909. The quantitative estimate of drug-likeness (QED) is 0.306. The molecule has 2 aromatic carbocycles. The third-order valence-corrected chi connectivity index (χ3v) is 4.89. The Hall–Kier alpha value is -3.75. The molecule has 9 heteroatoms. The van der Waals surface area contributed by atoms with E-state index in [-0.39, 0.29) is 35.5 Å². The van der Waals surface area contributed by atoms with Crippen LogP contribution in [0.4, 0.5) is 0 Å². The number of methoxy groups -OCH3 is 1. The maximum atomic E-state index is 13.2. The number of para-hydroxylation sites is 1. The number of carbonyl (C=O) groups is 2. The van der Waals surface area contributed by atoms with E-state index in [4.69, 9.17) is 20.1 Å². The zero-order chi connectivity index (χ0) is 21.8. The molecule has 2 aromatic rings. The highest BCUT2D eigenvalue weighted by Gasteiger charge is 2.31. The van der Waals surface area contributed by atoms with Crippen LogP contribution in [0.5, 0.6) is 23.0 Å². The van der Waals surface area contributed by atoms with E-state index < -0.39 is 5.78 Å². The lowest BCUT2D eigenvalue weighted by molar-refractivity contribution is -0.127. The van der Waals surface area contributed by atoms with Crippen LogP contribution in [0.2, 0.25) is 0 Å². The molecule has 30 heavy (non-hydrogen) atoms. The van der Waals surface area contributed by atoms with Gasteiger partial charge in [-0.2, -0.15) is 5.10 Å². The minimum absolute atomic E-state index is 0.00442. The van der Waals surface area contributed by atoms with Crippen molar-refractivity contribution < 1.29 is 28.9 Å². The lowest BCUT2D eigenvalue weighted by atomic mass is 9.93. The standard InChI is InChI=1S/C21H23N3O6/c1-12(25)24(2)9-8-13-10-16-20(30-11-29-16)21(28-3)17(13)18(23-22)19(27)14-6-4-5-7-15(14)26/h4-7,10,26H,8-9,11,22H2,1-3H3/b23-18+. The number of nitrogens with two attached hydrogens (primary N) is 1. The first-order valence-electron chi connectivity index (χ1n) is 9.21. The number of rotatable bonds is 7. The third-order valence-electron chi connectivity index (χ3n) is 4.89. The van der Waals surface area contributed by atoms with E-state index in [1.54, 1.807) is 30.1 Å². The molecule has 0 aliphatic carbocycles. The van der Waals surface area contributed by atoms with Crippen molar-refractivity contribution in [1.29, 1.82) is 0 Å². The second-order valence-corrected chi connectivity index (χ2v) is 6.69. The van der Waals surface area contributed by atoms with Gasteiger partial charge in [0.15, 0.2) is 11.5 Å². The fraction of sp³-hybridized carbons (Fsp3) is 0.286. The zero-order valence-corrected chi connectivity index (χ0v) is 17.0. The van der Waals surface area contributed by atoms with Gasteiger partial charge in [0, 0.05) is 20.5 Å². The molecule has 1 heterocycles. The first-order chi connectivity index (χ1) is 14.4. The van der Waals surface area contributed by atoms with Crippen molar-refractivity contribution in [3.8, 4) is 23.0 Å². The highest BCUT2D eigenvalue weighted by Crippen LogP contribution is 2.45. The van der Waals surface area contributed by atoms with Crippen LogP contribution >= 0.6 is 0 Å². The Morgan fingerprint density at radius 3 is 2.67 bits per heavy atom. The monoisotopic (exact) mass is 413 g/mol. The van der Waals surface area contributed by atoms with Crippen LogP contribution in [0.25, 0.3) is 0 Å². The Bertz CT molecular complexity index is 1020. The van der Waals surface area contributed by atoms with Crippen LogP contribution < -0.4 is 20.1 Å². The van der Waals surface area contributed by atoms with Crippen LogP contribution in [0.15, 0.2) is 35.4 Å². The van der Waals surface area contributed by atoms with Gasteiger partial charge in [-0.25, -0.2) is 0 Å². The Morgan fingerprint density at radius 1 is 1.30 bits per heavy atom. The molecule has 3 rings (SSSR count). The van der Waals surface area contributed by atoms with Crippen molar-refractivity contribution in [2.75, 3.05) is 27.5 Å². The summed E-state index contributed by atoms with van der Waals surface area (Å²) in [6.07, 6.45) is 0.380. The van der Waals surface area contributed by atoms with Gasteiger partial charge in [0.05, 0.1) is 18.2 Å². The second kappa shape index (κ2) is 8.73. The Balaban J connectivity index is 2.14. The molecule has 0 atom stereocenters. The average molecular weight is 413 g/mol. The molecule has 0 aromatic heterocycles. The fourth-order valence-electron chi connectivity index (χ4n) is 3.19. The van der Waals surface area contributed by atoms with E-state index >= 15 is 0 Å². The largest absolute Gasteiger partial charge is 0.507 e. The van der Waals surface area contributed by atoms with Crippen LogP contribution in [-0.2, 0) is 11.2 Å². The molecule has 1 amide bonds. The van der Waals surface area contributed by atoms with Crippen LogP contribution in [0.1, 0.15) is 28.4 Å². The molecule has 0 spiro atoms. The van der Waals surface area contributed by atoms with Gasteiger partial charge in [-0.05, 0) is 30.2 Å². The van der Waals surface area contributed by atoms with Gasteiger partial charge >= 0.3 is 0 Å². The Labute approximate surface area is 173 Å². The fourth-order valence-corrected chi connectivity index (χ4v) is 3.19. The minimum Gasteiger partial charge on any atom is -0.507 e. The molecule has 0 radical (unpaired) electrons. The number of fused-ring (bicyclic) bond motifs is 1. The normalized spacial score (nSPS) is 12.6. The minimum atomic E-state index is -0.575. The van der Waals surface area contributed by atoms with Gasteiger partial charge in [-0.15, -0.1) is 0 Å². The number of ketones is 1. The second-order valence-electron chi connectivity index (χ2n) is 6.69. The van der Waals surface area contributed by atoms with Crippen molar-refractivity contribution in [3.63, 3.8) is 0 Å². The number of phenolic OH excluding ortho intramolecular Hbond substituents is 1. The highest BCUT2D eigenvalue weighted by atomic mass is 16.7. The first kappa shape index (κ1) is 21.0. The summed E-state index contributed by atoms with van der Waals surface area (Å²) in [5, 5.41) is 13.9. The number of likely N-dealkylation sites (N-methyl/N-ethyl adjacent to an activating group) is 1. The molecular weight excluding hydrogens is 390 g/mol. The molecule has 1 aliphatic heterocycles. The number of benzene rings is 2. The number of aromatic hydroxyl groups is 1. The van der Waals surface area contributed by atoms with Crippen LogP contribution in [0.3, 0.4) is 0 Å². The Kier molecular flexibility index (Phi) is 6.10. The van der Waals surface area contributed by atoms with E-state index in [9.17, 15) is 14.7 Å². The van der Waals surface area contributed by atoms with Crippen molar-refractivity contribution in [2.45, 2.75) is 13.3 Å². The molecule has 3 N–H and O–H groups in total. The maximum absolute atomic E-state index is 13.2. The number of hydrazone groups is 1. The number of Topliss-reactive ketones (excluding diaryl/α,β-unsaturated/α-hetero) is 1. The summed E-state index contributed by atoms with van der Waals surface area (Å²) in [6.45, 7) is 1.85. The molecule has 0 saturated heterocycles. The third kappa shape index (κ3) is 3.86. The SMILES string of the molecule is COc1c2c(cc(CCN(C)C(C)=O)c1/C(=N\N)C(=O)c1ccccc1O)OCO2. The number of amides is 1. The number of carbonyl (C=O) groups excluding carboxylic acids is 2. The molecule has 9 nitrogen and oxygen atoms in total. The van der Waals surface area contributed by atoms with Crippen LogP contribution in [-0.4, -0.2) is 54.9 Å². The number of hydrogen-bond donors (Lipinski definition) is 2. The van der Waals surface area contributed by atoms with Crippen molar-refractivity contribution in [1.82, 2.24) is 4.90 Å². The van der Waals surface area contributed by atoms with Crippen molar-refractivity contribution >= 4 is 17.4 Å². The summed E-state index contributed by atoms with van der Waals surface area (Å²) in [6, 6.07) is 7.83. The number of phenols is 1. The number of nitrogens with zero attached hydrogens (tertiary/aromatic N) is 2. The van der Waals surface area contributed by atoms with E-state index in [1.807, 2.05) is 0 Å². The smallest absolute Gasteiger partial charge is 0.231 e. The van der Waals surface area contributed by atoms with Gasteiger partial charge in [0.2, 0.25) is 24.2 Å². The lowest BCUT2D eigenvalue weighted by Gasteiger charge is -2.19. The van der Waals surface area contributed by atoms with Gasteiger partial charge in [0.25, 0.3) is 0 Å². The topological polar surface area (TPSA) is 124 Å². The van der Waals surface area contributed by atoms with E-state index in [0.29, 0.717) is 35.6 Å². The molecule has 0 bridgehead atoms. The van der Waals surface area contributed by atoms with Gasteiger partial charge in [0.1, 0.15) is 11.5 Å². The summed E-state index contributed by atoms with van der Waals surface area (Å²) in [4.78, 5) is 26.4. The lowest BCUT2D eigenvalue weighted by Crippen LogP contribution is -2.27. The van der Waals surface area contributed by atoms with Gasteiger partial charge < -0.3 is 30.1 Å². The van der Waals surface area contributed by atoms with Crippen molar-refractivity contribution in [3.05, 3.63) is 47.0 Å². The average Bonchev–Trinajstić information content (AvgIpc) is 3.20. The number of ether oxygens (including phenoxy) is 3. The molecular formula is C21H23N3O6. The number of hydrogen-bond acceptors (Lipinski definition) is 8. The van der Waals surface area contributed by atoms with E-state index in [2.05, 4.69) is 5.10 Å². The zero-order valence-electron chi connectivity index (χ0n) is 17.0. The van der Waals surface area contributed by atoms with Gasteiger partial charge in [-0.1, -0.05) is 12.1 Å². The first-order valence-corrected chi connectivity index (χ1v) is 9.21.